The molecule has 120 valence electrons. The number of nitrogens with one attached hydrogen (secondary N) is 2. The van der Waals surface area contributed by atoms with E-state index in [0.717, 1.165) is 6.07 Å². The van der Waals surface area contributed by atoms with Crippen molar-refractivity contribution in [1.29, 1.82) is 0 Å². The zero-order valence-electron chi connectivity index (χ0n) is 12.3. The maximum absolute atomic E-state index is 13.5. The van der Waals surface area contributed by atoms with Crippen LogP contribution in [-0.4, -0.2) is 23.0 Å². The van der Waals surface area contributed by atoms with Crippen LogP contribution in [0.25, 0.3) is 5.52 Å². The van der Waals surface area contributed by atoms with Gasteiger partial charge in [-0.15, -0.1) is 0 Å². The lowest BCUT2D eigenvalue weighted by atomic mass is 10.2. The van der Waals surface area contributed by atoms with Gasteiger partial charge >= 0.3 is 0 Å². The lowest BCUT2D eigenvalue weighted by molar-refractivity contribution is 0.601. The summed E-state index contributed by atoms with van der Waals surface area (Å²) in [5.41, 5.74) is 0.175. The van der Waals surface area contributed by atoms with Crippen LogP contribution in [0.5, 0.6) is 0 Å². The van der Waals surface area contributed by atoms with Crippen LogP contribution in [0, 0.1) is 19.7 Å². The number of H-pyrrole nitrogens is 1. The van der Waals surface area contributed by atoms with Gasteiger partial charge in [0.2, 0.25) is 0 Å². The predicted molar refractivity (Wildman–Crippen MR) is 82.5 cm³/mol. The van der Waals surface area contributed by atoms with Gasteiger partial charge in [-0.1, -0.05) is 6.07 Å². The van der Waals surface area contributed by atoms with Crippen LogP contribution in [0.4, 0.5) is 10.1 Å². The fourth-order valence-corrected chi connectivity index (χ4v) is 3.21. The molecule has 2 aromatic heterocycles. The normalized spacial score (nSPS) is 11.8. The number of halogens is 1. The molecule has 0 bridgehead atoms. The number of sulfonamides is 1. The molecule has 1 aromatic carbocycles. The Labute approximate surface area is 130 Å². The van der Waals surface area contributed by atoms with E-state index in [1.807, 2.05) is 0 Å². The van der Waals surface area contributed by atoms with E-state index in [-0.39, 0.29) is 16.1 Å². The summed E-state index contributed by atoms with van der Waals surface area (Å²) in [6.07, 6.45) is 1.29. The van der Waals surface area contributed by atoms with Crippen molar-refractivity contribution in [2.24, 2.45) is 0 Å². The Bertz CT molecular complexity index is 1070. The zero-order chi connectivity index (χ0) is 16.8. The van der Waals surface area contributed by atoms with Gasteiger partial charge in [-0.05, 0) is 37.6 Å². The summed E-state index contributed by atoms with van der Waals surface area (Å²) in [5.74, 6) is -0.0776. The second-order valence-corrected chi connectivity index (χ2v) is 6.78. The molecule has 7 nitrogen and oxygen atoms in total. The lowest BCUT2D eigenvalue weighted by Crippen LogP contribution is -2.12. The van der Waals surface area contributed by atoms with E-state index in [1.165, 1.54) is 28.8 Å². The number of benzene rings is 1. The minimum absolute atomic E-state index is 0.104. The monoisotopic (exact) mass is 336 g/mol. The smallest absolute Gasteiger partial charge is 0.288 e. The first-order chi connectivity index (χ1) is 10.8. The van der Waals surface area contributed by atoms with Crippen molar-refractivity contribution in [1.82, 2.24) is 14.6 Å². The number of nitrogens with zero attached hydrogens (tertiary/aromatic N) is 2. The molecular formula is C14H13FN4O3S. The molecule has 0 unspecified atom stereocenters. The van der Waals surface area contributed by atoms with E-state index < -0.39 is 21.4 Å². The first kappa shape index (κ1) is 15.2. The molecule has 0 aliphatic carbocycles. The van der Waals surface area contributed by atoms with E-state index in [4.69, 9.17) is 0 Å². The number of aromatic amines is 1. The summed E-state index contributed by atoms with van der Waals surface area (Å²) in [4.78, 5) is 11.6. The third kappa shape index (κ3) is 2.70. The van der Waals surface area contributed by atoms with Gasteiger partial charge in [0, 0.05) is 6.20 Å². The van der Waals surface area contributed by atoms with Crippen molar-refractivity contribution in [2.45, 2.75) is 18.7 Å². The van der Waals surface area contributed by atoms with Crippen LogP contribution in [-0.2, 0) is 10.0 Å². The van der Waals surface area contributed by atoms with Crippen LogP contribution in [0.3, 0.4) is 0 Å². The standard InChI is InChI=1S/C14H13FN4O3S/c1-8-3-4-10(5-12(8)15)18-23(21,22)11-6-13-14(20)17-16-9(2)19(13)7-11/h3-7,18H,1-2H3,(H,17,20). The van der Waals surface area contributed by atoms with Crippen molar-refractivity contribution >= 4 is 21.2 Å². The molecule has 0 aliphatic rings. The molecule has 0 saturated heterocycles. The quantitative estimate of drug-likeness (QED) is 0.759. The Morgan fingerprint density at radius 1 is 1.26 bits per heavy atom. The van der Waals surface area contributed by atoms with Crippen molar-refractivity contribution in [3.05, 3.63) is 58.0 Å². The second-order valence-electron chi connectivity index (χ2n) is 5.10. The summed E-state index contributed by atoms with van der Waals surface area (Å²) < 4.78 is 42.0. The van der Waals surface area contributed by atoms with Gasteiger partial charge in [0.15, 0.2) is 0 Å². The summed E-state index contributed by atoms with van der Waals surface area (Å²) in [6.45, 7) is 3.21. The molecule has 0 saturated carbocycles. The van der Waals surface area contributed by atoms with E-state index in [1.54, 1.807) is 13.8 Å². The molecule has 0 fully saturated rings. The van der Waals surface area contributed by atoms with Crippen LogP contribution in [0.1, 0.15) is 11.4 Å². The molecule has 0 atom stereocenters. The summed E-state index contributed by atoms with van der Waals surface area (Å²) in [7, 11) is -3.96. The van der Waals surface area contributed by atoms with Gasteiger partial charge in [-0.2, -0.15) is 5.10 Å². The minimum atomic E-state index is -3.96. The van der Waals surface area contributed by atoms with Gasteiger partial charge in [0.1, 0.15) is 22.1 Å². The maximum atomic E-state index is 13.5. The minimum Gasteiger partial charge on any atom is -0.298 e. The first-order valence-electron chi connectivity index (χ1n) is 6.64. The summed E-state index contributed by atoms with van der Waals surface area (Å²) >= 11 is 0. The van der Waals surface area contributed by atoms with Crippen molar-refractivity contribution in [3.63, 3.8) is 0 Å². The molecule has 2 N–H and O–H groups in total. The average Bonchev–Trinajstić information content (AvgIpc) is 2.94. The van der Waals surface area contributed by atoms with E-state index in [2.05, 4.69) is 14.9 Å². The lowest BCUT2D eigenvalue weighted by Gasteiger charge is -2.07. The van der Waals surface area contributed by atoms with Crippen LogP contribution in [0.15, 0.2) is 40.2 Å². The van der Waals surface area contributed by atoms with Gasteiger partial charge in [-0.3, -0.25) is 13.9 Å². The zero-order valence-corrected chi connectivity index (χ0v) is 13.1. The van der Waals surface area contributed by atoms with Gasteiger partial charge < -0.3 is 0 Å². The average molecular weight is 336 g/mol. The fraction of sp³-hybridized carbons (Fsp3) is 0.143. The second kappa shape index (κ2) is 5.20. The fourth-order valence-electron chi connectivity index (χ4n) is 2.14. The topological polar surface area (TPSA) is 96.3 Å². The Morgan fingerprint density at radius 2 is 2.00 bits per heavy atom. The van der Waals surface area contributed by atoms with E-state index in [0.29, 0.717) is 11.4 Å². The molecule has 0 amide bonds. The molecular weight excluding hydrogens is 323 g/mol. The molecule has 0 spiro atoms. The largest absolute Gasteiger partial charge is 0.298 e. The van der Waals surface area contributed by atoms with Crippen molar-refractivity contribution in [2.75, 3.05) is 4.72 Å². The molecule has 9 heteroatoms. The highest BCUT2D eigenvalue weighted by molar-refractivity contribution is 7.92. The number of rotatable bonds is 3. The predicted octanol–water partition coefficient (Wildman–Crippen LogP) is 1.58. The molecule has 23 heavy (non-hydrogen) atoms. The number of aryl methyl sites for hydroxylation is 2. The third-order valence-corrected chi connectivity index (χ3v) is 4.78. The molecule has 0 aliphatic heterocycles. The maximum Gasteiger partial charge on any atom is 0.288 e. The van der Waals surface area contributed by atoms with Gasteiger partial charge in [-0.25, -0.2) is 17.9 Å². The number of anilines is 1. The Morgan fingerprint density at radius 3 is 2.65 bits per heavy atom. The Balaban J connectivity index is 2.06. The molecule has 0 radical (unpaired) electrons. The van der Waals surface area contributed by atoms with Crippen LogP contribution in [0.2, 0.25) is 0 Å². The number of hydrogen-bond donors (Lipinski definition) is 2. The SMILES string of the molecule is Cc1ccc(NS(=O)(=O)c2cc3c(=O)[nH]nc(C)n3c2)cc1F. The highest BCUT2D eigenvalue weighted by Gasteiger charge is 2.19. The molecule has 2 heterocycles. The number of hydrogen-bond acceptors (Lipinski definition) is 4. The molecule has 3 aromatic rings. The summed E-state index contributed by atoms with van der Waals surface area (Å²) in [6, 6.07) is 5.27. The van der Waals surface area contributed by atoms with Crippen LogP contribution < -0.4 is 10.3 Å². The molecule has 3 rings (SSSR count). The highest BCUT2D eigenvalue weighted by Crippen LogP contribution is 2.20. The highest BCUT2D eigenvalue weighted by atomic mass is 32.2. The van der Waals surface area contributed by atoms with E-state index >= 15 is 0 Å². The van der Waals surface area contributed by atoms with Crippen molar-refractivity contribution in [3.8, 4) is 0 Å². The first-order valence-corrected chi connectivity index (χ1v) is 8.12. The van der Waals surface area contributed by atoms with Crippen LogP contribution >= 0.6 is 0 Å². The number of aromatic nitrogens is 3. The van der Waals surface area contributed by atoms with Gasteiger partial charge in [0.25, 0.3) is 15.6 Å². The van der Waals surface area contributed by atoms with Crippen molar-refractivity contribution < 1.29 is 12.8 Å². The Kier molecular flexibility index (Phi) is 3.44. The van der Waals surface area contributed by atoms with Gasteiger partial charge in [0.05, 0.1) is 5.69 Å². The number of fused-ring (bicyclic) bond motifs is 1. The Hall–Kier alpha value is -2.68. The third-order valence-electron chi connectivity index (χ3n) is 3.43. The van der Waals surface area contributed by atoms with E-state index in [9.17, 15) is 17.6 Å². The summed E-state index contributed by atoms with van der Waals surface area (Å²) in [5, 5.41) is 6.05.